The van der Waals surface area contributed by atoms with Crippen molar-refractivity contribution < 1.29 is 13.2 Å². The molecule has 0 saturated heterocycles. The molecule has 0 N–H and O–H groups in total. The largest absolute Gasteiger partial charge is 0.416 e. The van der Waals surface area contributed by atoms with Crippen LogP contribution in [0.3, 0.4) is 0 Å². The van der Waals surface area contributed by atoms with Gasteiger partial charge in [0.05, 0.1) is 5.56 Å². The van der Waals surface area contributed by atoms with E-state index in [0.29, 0.717) is 6.07 Å². The predicted octanol–water partition coefficient (Wildman–Crippen LogP) is 3.76. The Morgan fingerprint density at radius 3 is 2.31 bits per heavy atom. The lowest BCUT2D eigenvalue weighted by Gasteiger charge is -2.06. The van der Waals surface area contributed by atoms with E-state index in [1.807, 2.05) is 0 Å². The third kappa shape index (κ3) is 2.42. The maximum absolute atomic E-state index is 12.1. The molecule has 13 heavy (non-hydrogen) atoms. The van der Waals surface area contributed by atoms with Gasteiger partial charge in [-0.25, -0.2) is 0 Å². The molecule has 1 aromatic carbocycles. The van der Waals surface area contributed by atoms with E-state index in [0.717, 1.165) is 12.1 Å². The summed E-state index contributed by atoms with van der Waals surface area (Å²) in [6.07, 6.45) is -4.51. The van der Waals surface area contributed by atoms with E-state index in [2.05, 4.69) is 5.18 Å². The fourth-order valence-corrected chi connectivity index (χ4v) is 1.02. The van der Waals surface area contributed by atoms with Crippen LogP contribution in [0.2, 0.25) is 5.02 Å². The van der Waals surface area contributed by atoms with Gasteiger partial charge in [0.1, 0.15) is 5.69 Å². The Labute approximate surface area is 76.3 Å². The zero-order chi connectivity index (χ0) is 10.1. The van der Waals surface area contributed by atoms with Crippen LogP contribution in [0.15, 0.2) is 23.4 Å². The Kier molecular flexibility index (Phi) is 2.56. The van der Waals surface area contributed by atoms with E-state index >= 15 is 0 Å². The van der Waals surface area contributed by atoms with Gasteiger partial charge in [-0.1, -0.05) is 11.6 Å². The Bertz CT molecular complexity index is 337. The van der Waals surface area contributed by atoms with Gasteiger partial charge in [-0.15, -0.1) is 4.91 Å². The summed E-state index contributed by atoms with van der Waals surface area (Å²) in [5, 5.41) is 2.21. The van der Waals surface area contributed by atoms with Crippen molar-refractivity contribution in [3.63, 3.8) is 0 Å². The van der Waals surface area contributed by atoms with Crippen LogP contribution in [-0.2, 0) is 6.18 Å². The summed E-state index contributed by atoms with van der Waals surface area (Å²) >= 11 is 5.34. The summed E-state index contributed by atoms with van der Waals surface area (Å²) in [7, 11) is 0. The Morgan fingerprint density at radius 1 is 1.23 bits per heavy atom. The van der Waals surface area contributed by atoms with Gasteiger partial charge in [-0.3, -0.25) is 0 Å². The normalized spacial score (nSPS) is 11.4. The quantitative estimate of drug-likeness (QED) is 0.648. The minimum atomic E-state index is -4.51. The van der Waals surface area contributed by atoms with Crippen molar-refractivity contribution >= 4 is 17.3 Å². The molecule has 0 aliphatic rings. The van der Waals surface area contributed by atoms with E-state index < -0.39 is 11.7 Å². The molecule has 0 fully saturated rings. The second-order valence-corrected chi connectivity index (χ2v) is 2.72. The van der Waals surface area contributed by atoms with Crippen molar-refractivity contribution in [1.82, 2.24) is 0 Å². The summed E-state index contributed by atoms with van der Waals surface area (Å²) in [4.78, 5) is 9.96. The van der Waals surface area contributed by atoms with Crippen LogP contribution >= 0.6 is 11.6 Å². The minimum absolute atomic E-state index is 0.163. The van der Waals surface area contributed by atoms with Gasteiger partial charge in [-0.05, 0) is 23.4 Å². The molecule has 0 saturated carbocycles. The number of benzene rings is 1. The lowest BCUT2D eigenvalue weighted by Crippen LogP contribution is -2.04. The topological polar surface area (TPSA) is 29.4 Å². The highest BCUT2D eigenvalue weighted by atomic mass is 35.5. The molecule has 1 aromatic rings. The first kappa shape index (κ1) is 9.98. The van der Waals surface area contributed by atoms with Gasteiger partial charge < -0.3 is 0 Å². The molecule has 2 nitrogen and oxygen atoms in total. The monoisotopic (exact) mass is 209 g/mol. The number of halogens is 4. The molecule has 0 unspecified atom stereocenters. The average molecular weight is 210 g/mol. The third-order valence-corrected chi connectivity index (χ3v) is 1.53. The molecule has 0 bridgehead atoms. The molecule has 70 valence electrons. The standard InChI is InChI=1S/C7H3ClF3NO/c8-5-1-4(7(9,10)11)2-6(3-5)12-13/h1-3H. The van der Waals surface area contributed by atoms with Gasteiger partial charge in [0.15, 0.2) is 0 Å². The molecule has 0 aromatic heterocycles. The molecule has 0 atom stereocenters. The van der Waals surface area contributed by atoms with Gasteiger partial charge in [0.2, 0.25) is 0 Å². The van der Waals surface area contributed by atoms with Crippen molar-refractivity contribution in [3.8, 4) is 0 Å². The number of nitrogens with zero attached hydrogens (tertiary/aromatic N) is 1. The van der Waals surface area contributed by atoms with Crippen molar-refractivity contribution in [1.29, 1.82) is 0 Å². The van der Waals surface area contributed by atoms with Gasteiger partial charge in [-0.2, -0.15) is 13.2 Å². The highest BCUT2D eigenvalue weighted by Crippen LogP contribution is 2.33. The fourth-order valence-electron chi connectivity index (χ4n) is 0.791. The predicted molar refractivity (Wildman–Crippen MR) is 41.9 cm³/mol. The minimum Gasteiger partial charge on any atom is -0.166 e. The second kappa shape index (κ2) is 3.33. The first-order valence-corrected chi connectivity index (χ1v) is 3.52. The van der Waals surface area contributed by atoms with Gasteiger partial charge in [0, 0.05) is 5.02 Å². The van der Waals surface area contributed by atoms with E-state index in [-0.39, 0.29) is 10.7 Å². The van der Waals surface area contributed by atoms with Crippen LogP contribution in [0, 0.1) is 4.91 Å². The summed E-state index contributed by atoms with van der Waals surface area (Å²) in [6.45, 7) is 0. The highest BCUT2D eigenvalue weighted by molar-refractivity contribution is 6.30. The maximum atomic E-state index is 12.1. The SMILES string of the molecule is O=Nc1cc(Cl)cc(C(F)(F)F)c1. The number of rotatable bonds is 1. The van der Waals surface area contributed by atoms with Crippen LogP contribution in [0.5, 0.6) is 0 Å². The molecule has 6 heteroatoms. The third-order valence-electron chi connectivity index (χ3n) is 1.32. The zero-order valence-corrected chi connectivity index (χ0v) is 6.86. The summed E-state index contributed by atoms with van der Waals surface area (Å²) in [5.74, 6) is 0. The first-order valence-electron chi connectivity index (χ1n) is 3.14. The average Bonchev–Trinajstić information content (AvgIpc) is 2.01. The van der Waals surface area contributed by atoms with Crippen molar-refractivity contribution in [2.45, 2.75) is 6.18 Å². The van der Waals surface area contributed by atoms with E-state index in [4.69, 9.17) is 11.6 Å². The molecule has 0 radical (unpaired) electrons. The molecular weight excluding hydrogens is 207 g/mol. The summed E-state index contributed by atoms with van der Waals surface area (Å²) in [6, 6.07) is 2.43. The first-order chi connectivity index (χ1) is 5.93. The van der Waals surface area contributed by atoms with Crippen molar-refractivity contribution in [3.05, 3.63) is 33.7 Å². The van der Waals surface area contributed by atoms with Crippen LogP contribution in [0.4, 0.5) is 18.9 Å². The fraction of sp³-hybridized carbons (Fsp3) is 0.143. The number of hydrogen-bond donors (Lipinski definition) is 0. The maximum Gasteiger partial charge on any atom is 0.416 e. The van der Waals surface area contributed by atoms with Crippen LogP contribution in [0.25, 0.3) is 0 Å². The smallest absolute Gasteiger partial charge is 0.166 e. The number of alkyl halides is 3. The van der Waals surface area contributed by atoms with E-state index in [1.54, 1.807) is 0 Å². The Balaban J connectivity index is 3.24. The second-order valence-electron chi connectivity index (χ2n) is 2.29. The molecular formula is C7H3ClF3NO. The van der Waals surface area contributed by atoms with Crippen LogP contribution in [0.1, 0.15) is 5.56 Å². The molecule has 0 heterocycles. The lowest BCUT2D eigenvalue weighted by molar-refractivity contribution is -0.137. The number of hydrogen-bond acceptors (Lipinski definition) is 2. The molecule has 1 rings (SSSR count). The number of nitroso groups, excluding NO2 is 1. The lowest BCUT2D eigenvalue weighted by atomic mass is 10.2. The summed E-state index contributed by atoms with van der Waals surface area (Å²) in [5.41, 5.74) is -1.31. The van der Waals surface area contributed by atoms with E-state index in [9.17, 15) is 18.1 Å². The van der Waals surface area contributed by atoms with E-state index in [1.165, 1.54) is 0 Å². The molecule has 0 aliphatic carbocycles. The van der Waals surface area contributed by atoms with Crippen LogP contribution in [-0.4, -0.2) is 0 Å². The van der Waals surface area contributed by atoms with Gasteiger partial charge >= 0.3 is 6.18 Å². The Morgan fingerprint density at radius 2 is 1.85 bits per heavy atom. The Hall–Kier alpha value is -1.10. The molecule has 0 aliphatic heterocycles. The van der Waals surface area contributed by atoms with Crippen LogP contribution < -0.4 is 0 Å². The zero-order valence-electron chi connectivity index (χ0n) is 6.10. The van der Waals surface area contributed by atoms with Crippen molar-refractivity contribution in [2.24, 2.45) is 5.18 Å². The highest BCUT2D eigenvalue weighted by Gasteiger charge is 2.31. The summed E-state index contributed by atoms with van der Waals surface area (Å²) < 4.78 is 36.2. The van der Waals surface area contributed by atoms with Gasteiger partial charge in [0.25, 0.3) is 0 Å². The van der Waals surface area contributed by atoms with Crippen molar-refractivity contribution in [2.75, 3.05) is 0 Å². The molecule has 0 amide bonds. The molecule has 0 spiro atoms.